The first-order valence-corrected chi connectivity index (χ1v) is 7.35. The van der Waals surface area contributed by atoms with Gasteiger partial charge in [-0.25, -0.2) is 4.79 Å². The molecule has 2 rings (SSSR count). The number of aliphatic hydroxyl groups excluding tert-OH is 1. The van der Waals surface area contributed by atoms with Gasteiger partial charge in [0.1, 0.15) is 6.61 Å². The summed E-state index contributed by atoms with van der Waals surface area (Å²) in [6.07, 6.45) is -1.35. The average Bonchev–Trinajstić information content (AvgIpc) is 2.60. The van der Waals surface area contributed by atoms with Crippen LogP contribution in [-0.4, -0.2) is 24.8 Å². The van der Waals surface area contributed by atoms with Gasteiger partial charge in [0.2, 0.25) is 0 Å². The highest BCUT2D eigenvalue weighted by Crippen LogP contribution is 2.31. The smallest absolute Gasteiger partial charge is 0.339 e. The number of benzene rings is 2. The molecule has 1 unspecified atom stereocenters. The summed E-state index contributed by atoms with van der Waals surface area (Å²) < 4.78 is 15.8. The van der Waals surface area contributed by atoms with E-state index in [-0.39, 0.29) is 6.61 Å². The molecule has 0 saturated heterocycles. The van der Waals surface area contributed by atoms with Crippen molar-refractivity contribution in [3.8, 4) is 11.5 Å². The van der Waals surface area contributed by atoms with E-state index in [2.05, 4.69) is 0 Å². The lowest BCUT2D eigenvalue weighted by atomic mass is 10.1. The van der Waals surface area contributed by atoms with Crippen molar-refractivity contribution < 1.29 is 24.1 Å². The van der Waals surface area contributed by atoms with Crippen LogP contribution < -0.4 is 9.47 Å². The predicted octanol–water partition coefficient (Wildman–Crippen LogP) is 2.87. The molecule has 0 spiro atoms. The minimum Gasteiger partial charge on any atom is -0.493 e. The van der Waals surface area contributed by atoms with E-state index in [0.717, 1.165) is 5.56 Å². The third-order valence-corrected chi connectivity index (χ3v) is 3.25. The standard InChI is InChI=1S/C18H20O5/c1-3-22-18(20)17(19)14-9-10-15(21-2)16(11-14)23-12-13-7-5-4-6-8-13/h4-11,17,19H,3,12H2,1-2H3. The Balaban J connectivity index is 2.16. The lowest BCUT2D eigenvalue weighted by molar-refractivity contribution is -0.153. The summed E-state index contributed by atoms with van der Waals surface area (Å²) in [6, 6.07) is 14.5. The molecule has 0 aliphatic heterocycles. The number of aliphatic hydroxyl groups is 1. The Bertz CT molecular complexity index is 639. The average molecular weight is 316 g/mol. The summed E-state index contributed by atoms with van der Waals surface area (Å²) in [6.45, 7) is 2.26. The van der Waals surface area contributed by atoms with Crippen LogP contribution in [0.25, 0.3) is 0 Å². The molecule has 5 heteroatoms. The lowest BCUT2D eigenvalue weighted by Gasteiger charge is -2.15. The van der Waals surface area contributed by atoms with Crippen LogP contribution in [0, 0.1) is 0 Å². The molecule has 0 saturated carbocycles. The first-order valence-electron chi connectivity index (χ1n) is 7.35. The van der Waals surface area contributed by atoms with E-state index in [1.54, 1.807) is 25.1 Å². The van der Waals surface area contributed by atoms with Crippen LogP contribution in [0.3, 0.4) is 0 Å². The maximum absolute atomic E-state index is 11.6. The third-order valence-electron chi connectivity index (χ3n) is 3.25. The van der Waals surface area contributed by atoms with Crippen molar-refractivity contribution in [2.45, 2.75) is 19.6 Å². The molecular weight excluding hydrogens is 296 g/mol. The monoisotopic (exact) mass is 316 g/mol. The summed E-state index contributed by atoms with van der Waals surface area (Å²) in [5, 5.41) is 10.0. The highest BCUT2D eigenvalue weighted by Gasteiger charge is 2.20. The Kier molecular flexibility index (Phi) is 6.00. The molecule has 0 amide bonds. The number of carbonyl (C=O) groups excluding carboxylic acids is 1. The van der Waals surface area contributed by atoms with Crippen LogP contribution >= 0.6 is 0 Å². The van der Waals surface area contributed by atoms with Crippen molar-refractivity contribution in [3.63, 3.8) is 0 Å². The molecule has 5 nitrogen and oxygen atoms in total. The summed E-state index contributed by atoms with van der Waals surface area (Å²) in [7, 11) is 1.53. The van der Waals surface area contributed by atoms with E-state index in [0.29, 0.717) is 23.7 Å². The molecule has 0 fully saturated rings. The summed E-state index contributed by atoms with van der Waals surface area (Å²) >= 11 is 0. The Morgan fingerprint density at radius 1 is 1.13 bits per heavy atom. The van der Waals surface area contributed by atoms with Gasteiger partial charge in [0.15, 0.2) is 17.6 Å². The third kappa shape index (κ3) is 4.47. The van der Waals surface area contributed by atoms with Crippen LogP contribution in [0.1, 0.15) is 24.2 Å². The number of esters is 1. The van der Waals surface area contributed by atoms with Crippen molar-refractivity contribution >= 4 is 5.97 Å². The second-order valence-electron chi connectivity index (χ2n) is 4.84. The molecule has 0 aromatic heterocycles. The molecule has 1 atom stereocenters. The molecule has 0 aliphatic rings. The van der Waals surface area contributed by atoms with Crippen molar-refractivity contribution in [1.29, 1.82) is 0 Å². The van der Waals surface area contributed by atoms with Crippen LogP contribution in [0.15, 0.2) is 48.5 Å². The normalized spacial score (nSPS) is 11.6. The molecule has 0 radical (unpaired) electrons. The van der Waals surface area contributed by atoms with Crippen LogP contribution in [0.4, 0.5) is 0 Å². The van der Waals surface area contributed by atoms with Gasteiger partial charge in [0, 0.05) is 0 Å². The van der Waals surface area contributed by atoms with Crippen molar-refractivity contribution in [1.82, 2.24) is 0 Å². The second kappa shape index (κ2) is 8.19. The highest BCUT2D eigenvalue weighted by molar-refractivity contribution is 5.76. The van der Waals surface area contributed by atoms with Gasteiger partial charge in [0.05, 0.1) is 13.7 Å². The Morgan fingerprint density at radius 3 is 2.52 bits per heavy atom. The lowest BCUT2D eigenvalue weighted by Crippen LogP contribution is -2.15. The van der Waals surface area contributed by atoms with Crippen molar-refractivity contribution in [3.05, 3.63) is 59.7 Å². The fourth-order valence-corrected chi connectivity index (χ4v) is 2.07. The Morgan fingerprint density at radius 2 is 1.87 bits per heavy atom. The molecule has 2 aromatic carbocycles. The minimum atomic E-state index is -1.35. The van der Waals surface area contributed by atoms with Gasteiger partial charge in [-0.15, -0.1) is 0 Å². The van der Waals surface area contributed by atoms with E-state index >= 15 is 0 Å². The fourth-order valence-electron chi connectivity index (χ4n) is 2.07. The number of carbonyl (C=O) groups is 1. The molecule has 0 bridgehead atoms. The zero-order valence-corrected chi connectivity index (χ0v) is 13.2. The number of hydrogen-bond acceptors (Lipinski definition) is 5. The number of ether oxygens (including phenoxy) is 3. The van der Waals surface area contributed by atoms with E-state index in [9.17, 15) is 9.90 Å². The second-order valence-corrected chi connectivity index (χ2v) is 4.84. The molecule has 23 heavy (non-hydrogen) atoms. The predicted molar refractivity (Wildman–Crippen MR) is 85.4 cm³/mol. The van der Waals surface area contributed by atoms with Crippen molar-refractivity contribution in [2.24, 2.45) is 0 Å². The molecule has 0 aliphatic carbocycles. The number of hydrogen-bond donors (Lipinski definition) is 1. The first kappa shape index (κ1) is 16.8. The zero-order valence-electron chi connectivity index (χ0n) is 13.2. The quantitative estimate of drug-likeness (QED) is 0.796. The van der Waals surface area contributed by atoms with Crippen LogP contribution in [0.2, 0.25) is 0 Å². The van der Waals surface area contributed by atoms with Gasteiger partial charge in [-0.2, -0.15) is 0 Å². The summed E-state index contributed by atoms with van der Waals surface area (Å²) in [4.78, 5) is 11.6. The SMILES string of the molecule is CCOC(=O)C(O)c1ccc(OC)c(OCc2ccccc2)c1. The van der Waals surface area contributed by atoms with Gasteiger partial charge in [0.25, 0.3) is 0 Å². The molecule has 1 N–H and O–H groups in total. The van der Waals surface area contributed by atoms with E-state index < -0.39 is 12.1 Å². The van der Waals surface area contributed by atoms with Gasteiger partial charge in [-0.1, -0.05) is 36.4 Å². The largest absolute Gasteiger partial charge is 0.493 e. The number of rotatable bonds is 7. The molecular formula is C18H20O5. The highest BCUT2D eigenvalue weighted by atomic mass is 16.5. The van der Waals surface area contributed by atoms with Gasteiger partial charge in [-0.3, -0.25) is 0 Å². The van der Waals surface area contributed by atoms with E-state index in [1.807, 2.05) is 30.3 Å². The zero-order chi connectivity index (χ0) is 16.7. The number of methoxy groups -OCH3 is 1. The molecule has 2 aromatic rings. The molecule has 122 valence electrons. The Labute approximate surface area is 135 Å². The van der Waals surface area contributed by atoms with Crippen LogP contribution in [0.5, 0.6) is 11.5 Å². The van der Waals surface area contributed by atoms with E-state index in [1.165, 1.54) is 7.11 Å². The summed E-state index contributed by atoms with van der Waals surface area (Å²) in [5.74, 6) is 0.296. The maximum atomic E-state index is 11.6. The summed E-state index contributed by atoms with van der Waals surface area (Å²) in [5.41, 5.74) is 1.40. The van der Waals surface area contributed by atoms with Gasteiger partial charge < -0.3 is 19.3 Å². The minimum absolute atomic E-state index is 0.212. The van der Waals surface area contributed by atoms with Gasteiger partial charge >= 0.3 is 5.97 Å². The van der Waals surface area contributed by atoms with Crippen molar-refractivity contribution in [2.75, 3.05) is 13.7 Å². The van der Waals surface area contributed by atoms with E-state index in [4.69, 9.17) is 14.2 Å². The van der Waals surface area contributed by atoms with Crippen LogP contribution in [-0.2, 0) is 16.1 Å². The molecule has 0 heterocycles. The topological polar surface area (TPSA) is 65.0 Å². The fraction of sp³-hybridized carbons (Fsp3) is 0.278. The first-order chi connectivity index (χ1) is 11.2. The van der Waals surface area contributed by atoms with Gasteiger partial charge in [-0.05, 0) is 30.2 Å². The maximum Gasteiger partial charge on any atom is 0.339 e. The Hall–Kier alpha value is -2.53.